The average molecular weight is 295 g/mol. The van der Waals surface area contributed by atoms with Crippen LogP contribution in [0.1, 0.15) is 23.7 Å². The number of aromatic nitrogens is 1. The Bertz CT molecular complexity index is 731. The van der Waals surface area contributed by atoms with Crippen LogP contribution in [0.3, 0.4) is 0 Å². The second-order valence-electron chi connectivity index (χ2n) is 4.74. The zero-order chi connectivity index (χ0) is 14.8. The first-order valence-corrected chi connectivity index (χ1v) is 8.27. The molecule has 0 saturated carbocycles. The minimum absolute atomic E-state index is 0.102. The molecule has 108 valence electrons. The fourth-order valence-corrected chi connectivity index (χ4v) is 3.48. The molecule has 0 spiro atoms. The molecule has 6 heteroatoms. The van der Waals surface area contributed by atoms with Crippen molar-refractivity contribution in [2.24, 2.45) is 0 Å². The predicted octanol–water partition coefficient (Wildman–Crippen LogP) is 2.16. The second-order valence-corrected chi connectivity index (χ2v) is 7.04. The predicted molar refractivity (Wildman–Crippen MR) is 77.8 cm³/mol. The van der Waals surface area contributed by atoms with Gasteiger partial charge in [-0.05, 0) is 30.7 Å². The van der Waals surface area contributed by atoms with E-state index in [1.165, 1.54) is 6.07 Å². The summed E-state index contributed by atoms with van der Waals surface area (Å²) in [5.74, 6) is -0.661. The molecule has 2 rings (SSSR count). The average Bonchev–Trinajstić information content (AvgIpc) is 2.78. The fraction of sp³-hybridized carbons (Fsp3) is 0.357. The number of hydrogen-bond donors (Lipinski definition) is 1. The van der Waals surface area contributed by atoms with E-state index in [2.05, 4.69) is 0 Å². The summed E-state index contributed by atoms with van der Waals surface area (Å²) in [6.07, 6.45) is 2.41. The summed E-state index contributed by atoms with van der Waals surface area (Å²) >= 11 is 0. The lowest BCUT2D eigenvalue weighted by molar-refractivity contribution is 0.0697. The highest BCUT2D eigenvalue weighted by Crippen LogP contribution is 2.18. The number of hydrogen-bond acceptors (Lipinski definition) is 3. The van der Waals surface area contributed by atoms with Crippen LogP contribution in [0.25, 0.3) is 10.9 Å². The van der Waals surface area contributed by atoms with Crippen molar-refractivity contribution in [2.75, 3.05) is 11.5 Å². The number of benzene rings is 1. The van der Waals surface area contributed by atoms with Gasteiger partial charge in [0.1, 0.15) is 0 Å². The van der Waals surface area contributed by atoms with Gasteiger partial charge in [0.05, 0.1) is 11.3 Å². The molecule has 0 unspecified atom stereocenters. The van der Waals surface area contributed by atoms with Gasteiger partial charge in [-0.1, -0.05) is 6.92 Å². The molecule has 0 aliphatic rings. The molecule has 1 aromatic heterocycles. The van der Waals surface area contributed by atoms with E-state index in [1.54, 1.807) is 24.4 Å². The van der Waals surface area contributed by atoms with Crippen molar-refractivity contribution < 1.29 is 18.3 Å². The van der Waals surface area contributed by atoms with E-state index in [4.69, 9.17) is 5.11 Å². The van der Waals surface area contributed by atoms with Gasteiger partial charge in [0, 0.05) is 29.4 Å². The third-order valence-electron chi connectivity index (χ3n) is 3.18. The molecule has 0 amide bonds. The Labute approximate surface area is 117 Å². The van der Waals surface area contributed by atoms with E-state index in [1.807, 2.05) is 11.5 Å². The standard InChI is InChI=1S/C14H17NO4S/c1-2-8-20(18,19)9-7-15-6-5-11-10-12(14(16)17)3-4-13(11)15/h3-6,10H,2,7-9H2,1H3,(H,16,17). The number of aryl methyl sites for hydroxylation is 1. The smallest absolute Gasteiger partial charge is 0.335 e. The number of carboxylic acid groups (broad SMARTS) is 1. The van der Waals surface area contributed by atoms with Crippen molar-refractivity contribution in [1.29, 1.82) is 0 Å². The molecule has 20 heavy (non-hydrogen) atoms. The van der Waals surface area contributed by atoms with E-state index >= 15 is 0 Å². The lowest BCUT2D eigenvalue weighted by Crippen LogP contribution is -2.15. The molecule has 2 aromatic rings. The summed E-state index contributed by atoms with van der Waals surface area (Å²) in [6.45, 7) is 2.23. The highest BCUT2D eigenvalue weighted by molar-refractivity contribution is 7.91. The van der Waals surface area contributed by atoms with Gasteiger partial charge in [-0.2, -0.15) is 0 Å². The summed E-state index contributed by atoms with van der Waals surface area (Å²) < 4.78 is 25.3. The zero-order valence-electron chi connectivity index (χ0n) is 11.2. The minimum atomic E-state index is -3.01. The summed E-state index contributed by atoms with van der Waals surface area (Å²) in [6, 6.07) is 6.63. The van der Waals surface area contributed by atoms with Gasteiger partial charge in [0.25, 0.3) is 0 Å². The lowest BCUT2D eigenvalue weighted by Gasteiger charge is -2.06. The Morgan fingerprint density at radius 2 is 2.00 bits per heavy atom. The van der Waals surface area contributed by atoms with Gasteiger partial charge < -0.3 is 9.67 Å². The molecule has 0 atom stereocenters. The van der Waals surface area contributed by atoms with Crippen LogP contribution in [0.15, 0.2) is 30.5 Å². The van der Waals surface area contributed by atoms with Gasteiger partial charge in [-0.25, -0.2) is 13.2 Å². The van der Waals surface area contributed by atoms with Crippen molar-refractivity contribution in [2.45, 2.75) is 19.9 Å². The highest BCUT2D eigenvalue weighted by atomic mass is 32.2. The number of carboxylic acids is 1. The van der Waals surface area contributed by atoms with Gasteiger partial charge in [0.2, 0.25) is 0 Å². The lowest BCUT2D eigenvalue weighted by atomic mass is 10.1. The Morgan fingerprint density at radius 1 is 1.25 bits per heavy atom. The fourth-order valence-electron chi connectivity index (χ4n) is 2.18. The molecular weight excluding hydrogens is 278 g/mol. The van der Waals surface area contributed by atoms with Gasteiger partial charge in [-0.3, -0.25) is 0 Å². The topological polar surface area (TPSA) is 76.4 Å². The molecule has 0 saturated heterocycles. The van der Waals surface area contributed by atoms with Crippen LogP contribution in [0, 0.1) is 0 Å². The first-order chi connectivity index (χ1) is 9.43. The molecule has 0 aliphatic heterocycles. The largest absolute Gasteiger partial charge is 0.478 e. The first kappa shape index (κ1) is 14.6. The van der Waals surface area contributed by atoms with Crippen LogP contribution in [-0.4, -0.2) is 35.6 Å². The number of rotatable bonds is 6. The van der Waals surface area contributed by atoms with Crippen LogP contribution < -0.4 is 0 Å². The second kappa shape index (κ2) is 5.66. The Hall–Kier alpha value is -1.82. The third kappa shape index (κ3) is 3.19. The van der Waals surface area contributed by atoms with Crippen LogP contribution >= 0.6 is 0 Å². The maximum Gasteiger partial charge on any atom is 0.335 e. The van der Waals surface area contributed by atoms with Crippen molar-refractivity contribution in [3.63, 3.8) is 0 Å². The summed E-state index contributed by atoms with van der Waals surface area (Å²) in [7, 11) is -3.01. The van der Waals surface area contributed by atoms with Crippen LogP contribution in [0.4, 0.5) is 0 Å². The van der Waals surface area contributed by atoms with Crippen molar-refractivity contribution in [3.8, 4) is 0 Å². The quantitative estimate of drug-likeness (QED) is 0.886. The van der Waals surface area contributed by atoms with Crippen LogP contribution in [-0.2, 0) is 16.4 Å². The number of fused-ring (bicyclic) bond motifs is 1. The zero-order valence-corrected chi connectivity index (χ0v) is 12.1. The highest BCUT2D eigenvalue weighted by Gasteiger charge is 2.11. The van der Waals surface area contributed by atoms with Crippen LogP contribution in [0.5, 0.6) is 0 Å². The molecule has 5 nitrogen and oxygen atoms in total. The third-order valence-corrected chi connectivity index (χ3v) is 5.01. The molecule has 1 N–H and O–H groups in total. The Balaban J connectivity index is 2.22. The molecule has 0 bridgehead atoms. The normalized spacial score (nSPS) is 11.8. The van der Waals surface area contributed by atoms with Crippen molar-refractivity contribution >= 4 is 26.7 Å². The molecule has 0 fully saturated rings. The monoisotopic (exact) mass is 295 g/mol. The first-order valence-electron chi connectivity index (χ1n) is 6.45. The SMILES string of the molecule is CCCS(=O)(=O)CCn1ccc2cc(C(=O)O)ccc21. The van der Waals surface area contributed by atoms with E-state index in [0.29, 0.717) is 13.0 Å². The maximum atomic E-state index is 11.7. The summed E-state index contributed by atoms with van der Waals surface area (Å²) in [5, 5.41) is 9.74. The van der Waals surface area contributed by atoms with Gasteiger partial charge >= 0.3 is 5.97 Å². The number of nitrogens with zero attached hydrogens (tertiary/aromatic N) is 1. The molecular formula is C14H17NO4S. The Morgan fingerprint density at radius 3 is 2.65 bits per heavy atom. The Kier molecular flexibility index (Phi) is 4.13. The van der Waals surface area contributed by atoms with E-state index in [-0.39, 0.29) is 17.1 Å². The van der Waals surface area contributed by atoms with Gasteiger partial charge in [-0.15, -0.1) is 0 Å². The summed E-state index contributed by atoms with van der Waals surface area (Å²) in [4.78, 5) is 10.9. The number of sulfone groups is 1. The van der Waals surface area contributed by atoms with E-state index < -0.39 is 15.8 Å². The van der Waals surface area contributed by atoms with E-state index in [9.17, 15) is 13.2 Å². The number of carbonyl (C=O) groups is 1. The molecule has 0 aliphatic carbocycles. The molecule has 1 aromatic carbocycles. The van der Waals surface area contributed by atoms with E-state index in [0.717, 1.165) is 10.9 Å². The molecule has 0 radical (unpaired) electrons. The maximum absolute atomic E-state index is 11.7. The van der Waals surface area contributed by atoms with Crippen LogP contribution in [0.2, 0.25) is 0 Å². The number of aromatic carboxylic acids is 1. The van der Waals surface area contributed by atoms with Crippen molar-refractivity contribution in [1.82, 2.24) is 4.57 Å². The van der Waals surface area contributed by atoms with Gasteiger partial charge in [0.15, 0.2) is 9.84 Å². The molecule has 1 heterocycles. The summed E-state index contributed by atoms with van der Waals surface area (Å²) in [5.41, 5.74) is 1.08. The minimum Gasteiger partial charge on any atom is -0.478 e. The van der Waals surface area contributed by atoms with Crippen molar-refractivity contribution in [3.05, 3.63) is 36.0 Å².